The quantitative estimate of drug-likeness (QED) is 0.0874. The average molecular weight is 1070 g/mol. The summed E-state index contributed by atoms with van der Waals surface area (Å²) < 4.78 is 57.5. The van der Waals surface area contributed by atoms with Gasteiger partial charge in [-0.15, -0.1) is 0 Å². The Morgan fingerprint density at radius 3 is 0.987 bits per heavy atom. The fourth-order valence-corrected chi connectivity index (χ4v) is 17.6. The van der Waals surface area contributed by atoms with Gasteiger partial charge < -0.3 is 42.6 Å². The molecule has 15 aliphatic rings. The lowest BCUT2D eigenvalue weighted by Crippen LogP contribution is -2.70. The van der Waals surface area contributed by atoms with Crippen molar-refractivity contribution in [2.75, 3.05) is 39.5 Å². The predicted octanol–water partition coefficient (Wildman–Crippen LogP) is 7.84. The highest BCUT2D eigenvalue weighted by atomic mass is 17.3. The lowest BCUT2D eigenvalue weighted by Gasteiger charge is -2.60. The van der Waals surface area contributed by atoms with Crippen LogP contribution in [0.15, 0.2) is 0 Å². The van der Waals surface area contributed by atoms with E-state index in [1.165, 1.54) is 4.90 Å². The molecule has 19 nitrogen and oxygen atoms in total. The molecule has 76 heavy (non-hydrogen) atoms. The van der Waals surface area contributed by atoms with E-state index in [0.29, 0.717) is 37.0 Å². The van der Waals surface area contributed by atoms with Crippen LogP contribution in [0.25, 0.3) is 0 Å². The van der Waals surface area contributed by atoms with Gasteiger partial charge >= 0.3 is 17.9 Å². The summed E-state index contributed by atoms with van der Waals surface area (Å²) in [5.74, 6) is -1.72. The van der Waals surface area contributed by atoms with E-state index in [4.69, 9.17) is 72.0 Å². The van der Waals surface area contributed by atoms with Gasteiger partial charge in [0.1, 0.15) is 0 Å². The fourth-order valence-electron chi connectivity index (χ4n) is 17.6. The Hall–Kier alpha value is -2.11. The Balaban J connectivity index is 0.676. The molecule has 24 atom stereocenters. The molecular weight excluding hydrogens is 987 g/mol. The Labute approximate surface area is 448 Å². The number of esters is 3. The third-order valence-corrected chi connectivity index (χ3v) is 21.9. The molecule has 12 aliphatic heterocycles. The number of hydrogen-bond acceptors (Lipinski definition) is 19. The van der Waals surface area contributed by atoms with Gasteiger partial charge in [0.25, 0.3) is 0 Å². The summed E-state index contributed by atoms with van der Waals surface area (Å²) in [7, 11) is 0. The summed E-state index contributed by atoms with van der Waals surface area (Å²) in [6.45, 7) is 18.3. The van der Waals surface area contributed by atoms with Gasteiger partial charge in [0.15, 0.2) is 35.7 Å². The van der Waals surface area contributed by atoms with Crippen LogP contribution in [0.4, 0.5) is 0 Å². The maximum atomic E-state index is 13.8. The molecule has 19 heteroatoms. The van der Waals surface area contributed by atoms with Crippen molar-refractivity contribution in [2.45, 2.75) is 230 Å². The smallest absolute Gasteiger partial charge is 0.320 e. The first-order chi connectivity index (χ1) is 36.3. The predicted molar refractivity (Wildman–Crippen MR) is 264 cm³/mol. The summed E-state index contributed by atoms with van der Waals surface area (Å²) in [6, 6.07) is 0. The standard InChI is InChI=1S/C57H87NO18/c1-31-10-13-40-34(4)43(65-49-55(40)37(31)16-22-52(7,68-49)71-74-55)19-25-62-46(59)28-58(29-47(60)63-26-20-44-35(5)41-14-11-32(2)38-17-23-53(8)69-50(66-44)56(38,41)75-72-53)30-48(61)64-27-21-45-36(6)42-15-12-33(3)39-18-24-54(9)70-51(67-45)57(39,42)76-73-54/h31-45,49-51H,10-30H2,1-9H3/t31-,32-,33-,34-,35-,36-,37+,38+,39+,40+,41+,42+,43?,44?,45?,49-,50-,51-,52-,53+,54+,55-,56-,57-/m1/s1. The van der Waals surface area contributed by atoms with Crippen LogP contribution in [0.1, 0.15) is 159 Å². The van der Waals surface area contributed by atoms with Crippen molar-refractivity contribution in [3.63, 3.8) is 0 Å². The zero-order valence-corrected chi connectivity index (χ0v) is 46.5. The minimum atomic E-state index is -0.895. The van der Waals surface area contributed by atoms with E-state index in [1.807, 2.05) is 20.8 Å². The van der Waals surface area contributed by atoms with Gasteiger partial charge in [0.05, 0.1) is 57.8 Å². The summed E-state index contributed by atoms with van der Waals surface area (Å²) in [5.41, 5.74) is -2.06. The summed E-state index contributed by atoms with van der Waals surface area (Å²) >= 11 is 0. The summed E-state index contributed by atoms with van der Waals surface area (Å²) in [6.07, 6.45) is 9.81. The van der Waals surface area contributed by atoms with E-state index >= 15 is 0 Å². The molecule has 428 valence electrons. The van der Waals surface area contributed by atoms with Crippen molar-refractivity contribution in [1.29, 1.82) is 0 Å². The van der Waals surface area contributed by atoms with Crippen LogP contribution >= 0.6 is 0 Å². The second kappa shape index (κ2) is 20.4. The van der Waals surface area contributed by atoms with Crippen molar-refractivity contribution >= 4 is 17.9 Å². The molecule has 0 aromatic rings. The van der Waals surface area contributed by atoms with Crippen molar-refractivity contribution in [3.05, 3.63) is 0 Å². The number of hydrogen-bond donors (Lipinski definition) is 0. The zero-order valence-electron chi connectivity index (χ0n) is 46.5. The third-order valence-electron chi connectivity index (χ3n) is 21.9. The molecule has 3 aliphatic carbocycles. The maximum Gasteiger partial charge on any atom is 0.320 e. The van der Waals surface area contributed by atoms with Gasteiger partial charge in [0.2, 0.25) is 17.4 Å². The highest BCUT2D eigenvalue weighted by molar-refractivity contribution is 5.78. The minimum absolute atomic E-state index is 0.0720. The van der Waals surface area contributed by atoms with E-state index in [2.05, 4.69) is 41.5 Å². The van der Waals surface area contributed by atoms with E-state index in [9.17, 15) is 14.4 Å². The third kappa shape index (κ3) is 9.13. The van der Waals surface area contributed by atoms with Gasteiger partial charge in [-0.1, -0.05) is 41.5 Å². The molecule has 3 saturated carbocycles. The number of carbonyl (C=O) groups excluding carboxylic acids is 3. The first kappa shape index (κ1) is 54.5. The summed E-state index contributed by atoms with van der Waals surface area (Å²) in [5, 5.41) is 0. The van der Waals surface area contributed by atoms with Crippen molar-refractivity contribution < 1.29 is 86.3 Å². The van der Waals surface area contributed by atoms with Crippen LogP contribution in [0.3, 0.4) is 0 Å². The fraction of sp³-hybridized carbons (Fsp3) is 0.947. The topological polar surface area (TPSA) is 193 Å². The van der Waals surface area contributed by atoms with Crippen molar-refractivity contribution in [1.82, 2.24) is 4.90 Å². The Bertz CT molecular complexity index is 1940. The molecular formula is C57H87NO18. The molecule has 3 unspecified atom stereocenters. The molecule has 12 heterocycles. The molecule has 0 radical (unpaired) electrons. The monoisotopic (exact) mass is 1070 g/mol. The Kier molecular flexibility index (Phi) is 14.6. The van der Waals surface area contributed by atoms with E-state index in [1.54, 1.807) is 0 Å². The van der Waals surface area contributed by atoms with Crippen LogP contribution in [-0.4, -0.2) is 134 Å². The molecule has 15 fully saturated rings. The average Bonchev–Trinajstić information content (AvgIpc) is 3.98. The number of nitrogens with zero attached hydrogens (tertiary/aromatic N) is 1. The minimum Gasteiger partial charge on any atom is -0.465 e. The second-order valence-electron chi connectivity index (χ2n) is 26.5. The normalized spacial score (nSPS) is 51.6. The lowest BCUT2D eigenvalue weighted by atomic mass is 9.57. The molecule has 15 rings (SSSR count). The first-order valence-corrected chi connectivity index (χ1v) is 29.6. The number of rotatable bonds is 15. The highest BCUT2D eigenvalue weighted by Crippen LogP contribution is 2.64. The van der Waals surface area contributed by atoms with Crippen molar-refractivity contribution in [2.24, 2.45) is 71.0 Å². The SMILES string of the molecule is C[C@@H]1CC[C@H]2[C@@H](C)C(CCOC(=O)CN(CC(=O)OCCC3O[C@@H]4O[C@]5(C)CC[C@H]6[C@H](C)CC[C@@H]([C@H]3C)[C@@]46OO5)CC(=O)OCCC3O[C@@H]4O[C@]5(C)CC[C@H]6[C@H](C)CC[C@@H]([C@H]3C)[C@@]46OO5)O[C@@H]3O[C@@]4(C)CC[C@@H]1[C@]32OO4. The van der Waals surface area contributed by atoms with Gasteiger partial charge in [-0.05, 0) is 132 Å². The molecule has 0 aromatic carbocycles. The lowest BCUT2D eigenvalue weighted by molar-refractivity contribution is -0.571. The second-order valence-corrected chi connectivity index (χ2v) is 26.5. The van der Waals surface area contributed by atoms with Crippen LogP contribution in [-0.2, 0) is 86.3 Å². The van der Waals surface area contributed by atoms with Gasteiger partial charge in [-0.25, -0.2) is 29.3 Å². The van der Waals surface area contributed by atoms with Crippen LogP contribution in [0.2, 0.25) is 0 Å². The Morgan fingerprint density at radius 1 is 0.408 bits per heavy atom. The van der Waals surface area contributed by atoms with Gasteiger partial charge in [-0.2, -0.15) is 0 Å². The summed E-state index contributed by atoms with van der Waals surface area (Å²) in [4.78, 5) is 79.7. The maximum absolute atomic E-state index is 13.8. The van der Waals surface area contributed by atoms with Gasteiger partial charge in [-0.3, -0.25) is 19.3 Å². The largest absolute Gasteiger partial charge is 0.465 e. The van der Waals surface area contributed by atoms with Gasteiger partial charge in [0, 0.05) is 56.3 Å². The number of carbonyl (C=O) groups is 3. The Morgan fingerprint density at radius 2 is 0.697 bits per heavy atom. The van der Waals surface area contributed by atoms with E-state index < -0.39 is 70.9 Å². The number of ether oxygens (including phenoxy) is 9. The van der Waals surface area contributed by atoms with Crippen LogP contribution < -0.4 is 0 Å². The van der Waals surface area contributed by atoms with Crippen molar-refractivity contribution in [3.8, 4) is 0 Å². The number of fused-ring (bicyclic) bond motifs is 6. The first-order valence-electron chi connectivity index (χ1n) is 29.6. The molecule has 0 amide bonds. The molecule has 0 aromatic heterocycles. The van der Waals surface area contributed by atoms with Crippen LogP contribution in [0.5, 0.6) is 0 Å². The zero-order chi connectivity index (χ0) is 53.2. The molecule has 3 spiro atoms. The van der Waals surface area contributed by atoms with Crippen LogP contribution in [0, 0.1) is 71.0 Å². The molecule has 0 N–H and O–H groups in total. The van der Waals surface area contributed by atoms with E-state index in [-0.39, 0.29) is 111 Å². The highest BCUT2D eigenvalue weighted by Gasteiger charge is 2.72. The van der Waals surface area contributed by atoms with E-state index in [0.717, 1.165) is 77.0 Å². The molecule has 12 saturated heterocycles. The molecule has 6 bridgehead atoms.